The van der Waals surface area contributed by atoms with Crippen LogP contribution in [0.25, 0.3) is 21.3 Å². The van der Waals surface area contributed by atoms with E-state index in [1.54, 1.807) is 0 Å². The minimum atomic E-state index is -0.674. The fraction of sp³-hybridized carbons (Fsp3) is 0.200. The molecule has 1 atom stereocenters. The molecule has 4 rings (SSSR count). The zero-order valence-corrected chi connectivity index (χ0v) is 18.7. The maximum Gasteiger partial charge on any atom is 0.249 e. The number of nitrogens with zero attached hydrogens (tertiary/aromatic N) is 2. The Morgan fingerprint density at radius 3 is 2.38 bits per heavy atom. The molecule has 1 heterocycles. The Hall–Kier alpha value is -3.58. The van der Waals surface area contributed by atoms with E-state index in [4.69, 9.17) is 0 Å². The summed E-state index contributed by atoms with van der Waals surface area (Å²) in [4.78, 5) is 25.6. The average Bonchev–Trinajstić information content (AvgIpc) is 3.26. The van der Waals surface area contributed by atoms with E-state index < -0.39 is 6.04 Å². The molecule has 0 radical (unpaired) electrons. The number of fused-ring (bicyclic) bond motifs is 1. The van der Waals surface area contributed by atoms with E-state index in [9.17, 15) is 9.59 Å². The second-order valence-electron chi connectivity index (χ2n) is 7.92. The number of anilines is 1. The van der Waals surface area contributed by atoms with Gasteiger partial charge in [-0.15, -0.1) is 10.2 Å². The maximum absolute atomic E-state index is 12.9. The highest BCUT2D eigenvalue weighted by Crippen LogP contribution is 2.26. The quantitative estimate of drug-likeness (QED) is 0.433. The van der Waals surface area contributed by atoms with Crippen molar-refractivity contribution in [1.82, 2.24) is 15.5 Å². The van der Waals surface area contributed by atoms with Crippen molar-refractivity contribution in [3.63, 3.8) is 0 Å². The Morgan fingerprint density at radius 2 is 1.62 bits per heavy atom. The molecule has 0 aliphatic rings. The van der Waals surface area contributed by atoms with Crippen LogP contribution in [0.1, 0.15) is 19.4 Å². The van der Waals surface area contributed by atoms with Gasteiger partial charge in [-0.1, -0.05) is 98.0 Å². The van der Waals surface area contributed by atoms with Gasteiger partial charge in [0.2, 0.25) is 16.9 Å². The van der Waals surface area contributed by atoms with Gasteiger partial charge in [0.1, 0.15) is 11.0 Å². The summed E-state index contributed by atoms with van der Waals surface area (Å²) in [5, 5.41) is 17.2. The fourth-order valence-electron chi connectivity index (χ4n) is 3.45. The standard InChI is InChI=1S/C25H24N4O2S/c1-16(2)22(23(31)27-25-29-28-24(32-25)19-9-4-3-5-10-19)26-21(30)15-17-12-13-18-8-6-7-11-20(18)14-17/h3-14,16,22H,15H2,1-2H3,(H,26,30)(H,27,29,31). The van der Waals surface area contributed by atoms with Gasteiger partial charge in [-0.25, -0.2) is 0 Å². The van der Waals surface area contributed by atoms with Crippen LogP contribution in [-0.4, -0.2) is 28.1 Å². The number of rotatable bonds is 7. The SMILES string of the molecule is CC(C)C(NC(=O)Cc1ccc2ccccc2c1)C(=O)Nc1nnc(-c2ccccc2)s1. The van der Waals surface area contributed by atoms with E-state index in [0.717, 1.165) is 26.9 Å². The lowest BCUT2D eigenvalue weighted by atomic mass is 10.0. The second kappa shape index (κ2) is 9.70. The summed E-state index contributed by atoms with van der Waals surface area (Å²) in [6, 6.07) is 23.0. The summed E-state index contributed by atoms with van der Waals surface area (Å²) < 4.78 is 0. The van der Waals surface area contributed by atoms with E-state index in [-0.39, 0.29) is 24.2 Å². The van der Waals surface area contributed by atoms with Gasteiger partial charge in [0.25, 0.3) is 0 Å². The molecule has 1 unspecified atom stereocenters. The summed E-state index contributed by atoms with van der Waals surface area (Å²) in [6.07, 6.45) is 0.207. The fourth-order valence-corrected chi connectivity index (χ4v) is 4.20. The summed E-state index contributed by atoms with van der Waals surface area (Å²) >= 11 is 1.30. The van der Waals surface area contributed by atoms with Crippen LogP contribution >= 0.6 is 11.3 Å². The van der Waals surface area contributed by atoms with Gasteiger partial charge in [0.05, 0.1) is 6.42 Å². The Morgan fingerprint density at radius 1 is 0.906 bits per heavy atom. The molecule has 0 aliphatic carbocycles. The Balaban J connectivity index is 1.40. The van der Waals surface area contributed by atoms with E-state index in [2.05, 4.69) is 20.8 Å². The van der Waals surface area contributed by atoms with Crippen molar-refractivity contribution in [3.05, 3.63) is 78.4 Å². The van der Waals surface area contributed by atoms with Gasteiger partial charge in [-0.05, 0) is 22.3 Å². The molecule has 0 saturated carbocycles. The Kier molecular flexibility index (Phi) is 6.56. The van der Waals surface area contributed by atoms with Crippen molar-refractivity contribution in [3.8, 4) is 10.6 Å². The predicted molar refractivity (Wildman–Crippen MR) is 128 cm³/mol. The number of hydrogen-bond acceptors (Lipinski definition) is 5. The zero-order chi connectivity index (χ0) is 22.5. The molecule has 3 aromatic carbocycles. The lowest BCUT2D eigenvalue weighted by molar-refractivity contribution is -0.127. The van der Waals surface area contributed by atoms with Crippen LogP contribution in [0.4, 0.5) is 5.13 Å². The number of benzene rings is 3. The second-order valence-corrected chi connectivity index (χ2v) is 8.89. The molecule has 2 amide bonds. The molecule has 4 aromatic rings. The lowest BCUT2D eigenvalue weighted by Gasteiger charge is -2.21. The van der Waals surface area contributed by atoms with Gasteiger partial charge in [-0.3, -0.25) is 14.9 Å². The van der Waals surface area contributed by atoms with Gasteiger partial charge < -0.3 is 5.32 Å². The minimum absolute atomic E-state index is 0.0860. The highest BCUT2D eigenvalue weighted by molar-refractivity contribution is 7.18. The van der Waals surface area contributed by atoms with Gasteiger partial charge in [-0.2, -0.15) is 0 Å². The molecule has 0 spiro atoms. The van der Waals surface area contributed by atoms with Crippen molar-refractivity contribution in [2.24, 2.45) is 5.92 Å². The first-order chi connectivity index (χ1) is 15.5. The van der Waals surface area contributed by atoms with Crippen molar-refractivity contribution in [1.29, 1.82) is 0 Å². The van der Waals surface area contributed by atoms with E-state index in [0.29, 0.717) is 5.13 Å². The highest BCUT2D eigenvalue weighted by atomic mass is 32.1. The first kappa shape index (κ1) is 21.6. The number of amides is 2. The molecule has 0 aliphatic heterocycles. The maximum atomic E-state index is 12.9. The molecule has 7 heteroatoms. The third-order valence-electron chi connectivity index (χ3n) is 5.12. The number of nitrogens with one attached hydrogen (secondary N) is 2. The Labute approximate surface area is 190 Å². The summed E-state index contributed by atoms with van der Waals surface area (Å²) in [6.45, 7) is 3.80. The summed E-state index contributed by atoms with van der Waals surface area (Å²) in [5.74, 6) is -0.587. The summed E-state index contributed by atoms with van der Waals surface area (Å²) in [7, 11) is 0. The number of aromatic nitrogens is 2. The number of hydrogen-bond donors (Lipinski definition) is 2. The normalized spacial score (nSPS) is 12.0. The Bertz CT molecular complexity index is 1240. The molecule has 0 bridgehead atoms. The van der Waals surface area contributed by atoms with E-state index in [1.807, 2.05) is 86.6 Å². The van der Waals surface area contributed by atoms with Crippen molar-refractivity contribution >= 4 is 39.1 Å². The van der Waals surface area contributed by atoms with Crippen LogP contribution < -0.4 is 10.6 Å². The third kappa shape index (κ3) is 5.18. The van der Waals surface area contributed by atoms with Crippen molar-refractivity contribution in [2.45, 2.75) is 26.3 Å². The van der Waals surface area contributed by atoms with Crippen LogP contribution in [0, 0.1) is 5.92 Å². The lowest BCUT2D eigenvalue weighted by Crippen LogP contribution is -2.47. The average molecular weight is 445 g/mol. The molecule has 0 saturated heterocycles. The molecule has 162 valence electrons. The van der Waals surface area contributed by atoms with Gasteiger partial charge in [0, 0.05) is 5.56 Å². The van der Waals surface area contributed by atoms with Crippen LogP contribution in [0.5, 0.6) is 0 Å². The van der Waals surface area contributed by atoms with Gasteiger partial charge in [0.15, 0.2) is 0 Å². The first-order valence-corrected chi connectivity index (χ1v) is 11.3. The molecule has 2 N–H and O–H groups in total. The first-order valence-electron chi connectivity index (χ1n) is 10.5. The topological polar surface area (TPSA) is 84.0 Å². The van der Waals surface area contributed by atoms with Crippen LogP contribution in [0.3, 0.4) is 0 Å². The van der Waals surface area contributed by atoms with Crippen LogP contribution in [0.15, 0.2) is 72.8 Å². The summed E-state index contributed by atoms with van der Waals surface area (Å²) in [5.41, 5.74) is 1.84. The van der Waals surface area contributed by atoms with Crippen molar-refractivity contribution < 1.29 is 9.59 Å². The van der Waals surface area contributed by atoms with Crippen LogP contribution in [-0.2, 0) is 16.0 Å². The molecule has 1 aromatic heterocycles. The van der Waals surface area contributed by atoms with Gasteiger partial charge >= 0.3 is 0 Å². The minimum Gasteiger partial charge on any atom is -0.344 e. The number of carbonyl (C=O) groups is 2. The smallest absolute Gasteiger partial charge is 0.249 e. The molecule has 0 fully saturated rings. The third-order valence-corrected chi connectivity index (χ3v) is 6.01. The monoisotopic (exact) mass is 444 g/mol. The molecule has 32 heavy (non-hydrogen) atoms. The highest BCUT2D eigenvalue weighted by Gasteiger charge is 2.25. The molecule has 6 nitrogen and oxygen atoms in total. The molecular weight excluding hydrogens is 420 g/mol. The predicted octanol–water partition coefficient (Wildman–Crippen LogP) is 4.68. The zero-order valence-electron chi connectivity index (χ0n) is 17.9. The molecular formula is C25H24N4O2S. The van der Waals surface area contributed by atoms with E-state index in [1.165, 1.54) is 11.3 Å². The number of carbonyl (C=O) groups excluding carboxylic acids is 2. The van der Waals surface area contributed by atoms with Crippen LogP contribution in [0.2, 0.25) is 0 Å². The largest absolute Gasteiger partial charge is 0.344 e. The van der Waals surface area contributed by atoms with E-state index >= 15 is 0 Å². The van der Waals surface area contributed by atoms with Crippen molar-refractivity contribution in [2.75, 3.05) is 5.32 Å².